The third kappa shape index (κ3) is 5.47. The van der Waals surface area contributed by atoms with Crippen LogP contribution >= 0.6 is 22.9 Å². The van der Waals surface area contributed by atoms with Crippen molar-refractivity contribution in [3.05, 3.63) is 52.1 Å². The van der Waals surface area contributed by atoms with Crippen molar-refractivity contribution in [3.8, 4) is 11.5 Å². The normalized spacial score (nSPS) is 13.5. The number of aliphatic imine (C=N–C) groups is 2. The van der Waals surface area contributed by atoms with Crippen molar-refractivity contribution in [3.63, 3.8) is 0 Å². The molecule has 10 nitrogen and oxygen atoms in total. The van der Waals surface area contributed by atoms with E-state index in [1.165, 1.54) is 18.2 Å². The van der Waals surface area contributed by atoms with Gasteiger partial charge in [-0.15, -0.1) is 0 Å². The number of phenols is 2. The topological polar surface area (TPSA) is 161 Å². The molecule has 3 rings (SSSR count). The average Bonchev–Trinajstić information content (AvgIpc) is 2.80. The van der Waals surface area contributed by atoms with E-state index in [1.54, 1.807) is 13.0 Å². The van der Waals surface area contributed by atoms with Crippen molar-refractivity contribution in [2.24, 2.45) is 15.7 Å². The minimum Gasteiger partial charge on any atom is -0.507 e. The molecule has 0 spiro atoms. The molecule has 0 aromatic heterocycles. The summed E-state index contributed by atoms with van der Waals surface area (Å²) < 4.78 is 2.91. The van der Waals surface area contributed by atoms with Gasteiger partial charge in [-0.2, -0.15) is 0 Å². The second-order valence-electron chi connectivity index (χ2n) is 7.72. The number of benzene rings is 2. The van der Waals surface area contributed by atoms with Gasteiger partial charge in [0.1, 0.15) is 17.3 Å². The quantitative estimate of drug-likeness (QED) is 0.0562. The molecule has 1 aliphatic carbocycles. The molecule has 0 amide bonds. The van der Waals surface area contributed by atoms with Crippen LogP contribution in [0, 0.1) is 0 Å². The van der Waals surface area contributed by atoms with Crippen molar-refractivity contribution >= 4 is 51.8 Å². The Hall–Kier alpha value is -3.19. The first kappa shape index (κ1) is 25.4. The highest BCUT2D eigenvalue weighted by molar-refractivity contribution is 14.1. The largest absolute Gasteiger partial charge is 0.507 e. The second-order valence-corrected chi connectivity index (χ2v) is 8.26. The molecule has 0 bridgehead atoms. The number of fused-ring (bicyclic) bond motifs is 2. The van der Waals surface area contributed by atoms with E-state index >= 15 is 0 Å². The summed E-state index contributed by atoms with van der Waals surface area (Å²) >= 11 is 2.00. The summed E-state index contributed by atoms with van der Waals surface area (Å²) in [6.45, 7) is 5.63. The molecular formula is C23H27IN6O4. The molecule has 0 radical (unpaired) electrons. The summed E-state index contributed by atoms with van der Waals surface area (Å²) in [5, 5.41) is 27.3. The zero-order valence-electron chi connectivity index (χ0n) is 18.9. The monoisotopic (exact) mass is 578 g/mol. The van der Waals surface area contributed by atoms with E-state index in [9.17, 15) is 19.8 Å². The molecule has 0 unspecified atom stereocenters. The van der Waals surface area contributed by atoms with E-state index in [0.717, 1.165) is 5.84 Å². The predicted octanol–water partition coefficient (Wildman–Crippen LogP) is 2.11. The molecule has 180 valence electrons. The molecule has 34 heavy (non-hydrogen) atoms. The molecule has 7 N–H and O–H groups in total. The lowest BCUT2D eigenvalue weighted by atomic mass is 9.80. The van der Waals surface area contributed by atoms with Gasteiger partial charge < -0.3 is 30.1 Å². The molecule has 0 saturated heterocycles. The molecule has 0 fully saturated rings. The second kappa shape index (κ2) is 11.3. The van der Waals surface area contributed by atoms with Crippen LogP contribution in [0.15, 0.2) is 34.3 Å². The Kier molecular flexibility index (Phi) is 8.45. The number of amidine groups is 2. The number of nitrogens with zero attached hydrogens (tertiary/aromatic N) is 2. The van der Waals surface area contributed by atoms with E-state index < -0.39 is 11.6 Å². The first-order valence-corrected chi connectivity index (χ1v) is 11.7. The summed E-state index contributed by atoms with van der Waals surface area (Å²) in [5.74, 6) is -0.394. The van der Waals surface area contributed by atoms with Crippen LogP contribution in [0.1, 0.15) is 51.3 Å². The minimum atomic E-state index is -0.533. The van der Waals surface area contributed by atoms with Crippen LogP contribution in [0.3, 0.4) is 0 Å². The van der Waals surface area contributed by atoms with Crippen LogP contribution in [-0.4, -0.2) is 59.6 Å². The Labute approximate surface area is 211 Å². The van der Waals surface area contributed by atoms with Gasteiger partial charge in [-0.3, -0.25) is 19.6 Å². The van der Waals surface area contributed by atoms with Crippen molar-refractivity contribution < 1.29 is 19.8 Å². The lowest BCUT2D eigenvalue weighted by Gasteiger charge is -2.24. The number of anilines is 1. The Morgan fingerprint density at radius 2 is 1.53 bits per heavy atom. The lowest BCUT2D eigenvalue weighted by molar-refractivity contribution is 0.0974. The predicted molar refractivity (Wildman–Crippen MR) is 141 cm³/mol. The maximum atomic E-state index is 13.5. The smallest absolute Gasteiger partial charge is 0.200 e. The SMILES string of the molecule is CC(N)=NCCNc1ccc(O)c2c1C(=O)c1c(O)ccc(CNCCN=C(C)NI)c1C2=O. The molecular weight excluding hydrogens is 551 g/mol. The third-order valence-electron chi connectivity index (χ3n) is 5.24. The lowest BCUT2D eigenvalue weighted by Crippen LogP contribution is -2.27. The molecule has 0 heterocycles. The Balaban J connectivity index is 1.92. The van der Waals surface area contributed by atoms with Crippen LogP contribution in [0.25, 0.3) is 0 Å². The number of hydrogen-bond donors (Lipinski definition) is 6. The van der Waals surface area contributed by atoms with Crippen molar-refractivity contribution in [2.45, 2.75) is 20.4 Å². The standard InChI is InChI=1S/C23H27IN6O4/c1-12(25)27-9-10-29-15-4-6-17(32)21-19(15)23(34)20-16(31)5-3-14(18(20)22(21)33)11-26-7-8-28-13(2)30-24/h3-6,26,29,31-32H,7-11H2,1-2H3,(H2,25,27)(H,28,30). The number of phenolic OH excluding ortho intramolecular Hbond substituents is 2. The molecule has 1 aliphatic rings. The number of carbonyl (C=O) groups excluding carboxylic acids is 2. The van der Waals surface area contributed by atoms with E-state index in [-0.39, 0.29) is 33.8 Å². The molecule has 0 atom stereocenters. The highest BCUT2D eigenvalue weighted by atomic mass is 127. The number of rotatable bonds is 9. The summed E-state index contributed by atoms with van der Waals surface area (Å²) in [4.78, 5) is 35.4. The average molecular weight is 578 g/mol. The Morgan fingerprint density at radius 3 is 2.21 bits per heavy atom. The zero-order chi connectivity index (χ0) is 24.8. The fourth-order valence-corrected chi connectivity index (χ4v) is 3.88. The van der Waals surface area contributed by atoms with Crippen LogP contribution in [-0.2, 0) is 6.54 Å². The van der Waals surface area contributed by atoms with Crippen LogP contribution in [0.2, 0.25) is 0 Å². The van der Waals surface area contributed by atoms with Gasteiger partial charge in [-0.1, -0.05) is 6.07 Å². The van der Waals surface area contributed by atoms with Crippen LogP contribution < -0.4 is 19.9 Å². The molecule has 0 aliphatic heterocycles. The highest BCUT2D eigenvalue weighted by Crippen LogP contribution is 2.40. The number of hydrogen-bond acceptors (Lipinski definition) is 8. The Morgan fingerprint density at radius 1 is 0.912 bits per heavy atom. The van der Waals surface area contributed by atoms with Crippen molar-refractivity contribution in [1.29, 1.82) is 0 Å². The Bertz CT molecular complexity index is 1170. The highest BCUT2D eigenvalue weighted by Gasteiger charge is 2.37. The minimum absolute atomic E-state index is 0.0301. The van der Waals surface area contributed by atoms with Gasteiger partial charge in [0.15, 0.2) is 11.6 Å². The van der Waals surface area contributed by atoms with Gasteiger partial charge >= 0.3 is 0 Å². The van der Waals surface area contributed by atoms with Crippen LogP contribution in [0.5, 0.6) is 11.5 Å². The number of ketones is 2. The van der Waals surface area contributed by atoms with E-state index in [1.807, 2.05) is 29.8 Å². The summed E-state index contributed by atoms with van der Waals surface area (Å²) in [6.07, 6.45) is 0. The van der Waals surface area contributed by atoms with Gasteiger partial charge in [0.2, 0.25) is 0 Å². The third-order valence-corrected chi connectivity index (χ3v) is 6.02. The first-order valence-electron chi connectivity index (χ1n) is 10.6. The summed E-state index contributed by atoms with van der Waals surface area (Å²) in [5.41, 5.74) is 6.45. The summed E-state index contributed by atoms with van der Waals surface area (Å²) in [7, 11) is 0. The number of halogens is 1. The zero-order valence-corrected chi connectivity index (χ0v) is 21.1. The van der Waals surface area contributed by atoms with E-state index in [4.69, 9.17) is 5.73 Å². The van der Waals surface area contributed by atoms with Gasteiger partial charge in [0.25, 0.3) is 0 Å². The molecule has 2 aromatic rings. The van der Waals surface area contributed by atoms with Crippen molar-refractivity contribution in [1.82, 2.24) is 8.85 Å². The first-order chi connectivity index (χ1) is 16.3. The van der Waals surface area contributed by atoms with Gasteiger partial charge in [-0.05, 0) is 37.6 Å². The molecule has 2 aromatic carbocycles. The number of nitrogens with one attached hydrogen (secondary N) is 3. The number of aromatic hydroxyl groups is 2. The van der Waals surface area contributed by atoms with Gasteiger partial charge in [0, 0.05) is 30.9 Å². The fourth-order valence-electron chi connectivity index (χ4n) is 3.70. The van der Waals surface area contributed by atoms with Crippen LogP contribution in [0.4, 0.5) is 5.69 Å². The number of carbonyl (C=O) groups is 2. The fraction of sp³-hybridized carbons (Fsp3) is 0.304. The van der Waals surface area contributed by atoms with E-state index in [0.29, 0.717) is 49.8 Å². The molecule has 11 heteroatoms. The maximum absolute atomic E-state index is 13.5. The summed E-state index contributed by atoms with van der Waals surface area (Å²) in [6, 6.07) is 5.91. The van der Waals surface area contributed by atoms with Gasteiger partial charge in [-0.25, -0.2) is 0 Å². The van der Waals surface area contributed by atoms with E-state index in [2.05, 4.69) is 24.1 Å². The van der Waals surface area contributed by atoms with Crippen molar-refractivity contribution in [2.75, 3.05) is 31.5 Å². The molecule has 0 saturated carbocycles. The number of nitrogens with two attached hydrogens (primary N) is 1. The maximum Gasteiger partial charge on any atom is 0.200 e. The van der Waals surface area contributed by atoms with Gasteiger partial charge in [0.05, 0.1) is 58.5 Å².